The van der Waals surface area contributed by atoms with Gasteiger partial charge in [-0.2, -0.15) is 0 Å². The van der Waals surface area contributed by atoms with E-state index >= 15 is 0 Å². The summed E-state index contributed by atoms with van der Waals surface area (Å²) in [5.74, 6) is 1.34. The first-order valence-corrected chi connectivity index (χ1v) is 22.8. The summed E-state index contributed by atoms with van der Waals surface area (Å²) < 4.78 is 0. The molecule has 0 aliphatic carbocycles. The van der Waals surface area contributed by atoms with Gasteiger partial charge < -0.3 is 0 Å². The third-order valence-corrected chi connectivity index (χ3v) is 39.6. The van der Waals surface area contributed by atoms with Gasteiger partial charge in [-0.05, 0) is 72.8 Å². The van der Waals surface area contributed by atoms with Crippen molar-refractivity contribution in [2.75, 3.05) is 5.90 Å². The fourth-order valence-corrected chi connectivity index (χ4v) is 52.2. The Hall–Kier alpha value is -2.96. The van der Waals surface area contributed by atoms with Crippen molar-refractivity contribution in [3.8, 4) is 0 Å². The topological polar surface area (TPSA) is 0 Å². The van der Waals surface area contributed by atoms with Crippen molar-refractivity contribution in [3.63, 3.8) is 0 Å². The average Bonchev–Trinajstić information content (AvgIpc) is 3.86. The standard InChI is InChI=1S/C37H32P4/c1-7-19-32(20-8-1)40(33-21-9-2-10-22-33,34-23-11-3-12-24-34)38-31-39(38)41(35-25-13-4-14-26-35,36-27-15-5-16-28-36)37-29-17-6-18-30-37/h1-30H,31H2/q+2. The first-order chi connectivity index (χ1) is 20.4. The summed E-state index contributed by atoms with van der Waals surface area (Å²) in [5.41, 5.74) is 0. The predicted octanol–water partition coefficient (Wildman–Crippen LogP) is 8.65. The van der Waals surface area contributed by atoms with Gasteiger partial charge >= 0.3 is 0 Å². The van der Waals surface area contributed by atoms with Crippen LogP contribution in [-0.2, 0) is 0 Å². The smallest absolute Gasteiger partial charge is 0.0620 e. The van der Waals surface area contributed by atoms with E-state index < -0.39 is 13.9 Å². The molecule has 6 aromatic rings. The van der Waals surface area contributed by atoms with Crippen LogP contribution in [0.15, 0.2) is 182 Å². The molecule has 0 N–H and O–H groups in total. The van der Waals surface area contributed by atoms with Crippen LogP contribution in [-0.4, -0.2) is 5.90 Å². The molecule has 198 valence electrons. The maximum absolute atomic E-state index is 2.43. The summed E-state index contributed by atoms with van der Waals surface area (Å²) in [7, 11) is -0.648. The highest BCUT2D eigenvalue weighted by Crippen LogP contribution is 3.18. The molecule has 41 heavy (non-hydrogen) atoms. The average molecular weight is 601 g/mol. The second kappa shape index (κ2) is 11.7. The van der Waals surface area contributed by atoms with E-state index in [0.29, 0.717) is 0 Å². The van der Waals surface area contributed by atoms with Crippen LogP contribution >= 0.6 is 28.5 Å². The van der Waals surface area contributed by atoms with Gasteiger partial charge in [-0.25, -0.2) is 0 Å². The molecular weight excluding hydrogens is 568 g/mol. The SMILES string of the molecule is c1ccc([P+](c2ccccc2)(c2ccccc2)P2CP2[P+](c2ccccc2)(c2ccccc2)c2ccccc2)cc1. The van der Waals surface area contributed by atoms with Gasteiger partial charge in [-0.15, -0.1) is 0 Å². The summed E-state index contributed by atoms with van der Waals surface area (Å²) in [6.45, 7) is -3.81. The lowest BCUT2D eigenvalue weighted by molar-refractivity contribution is 1.73. The molecule has 4 heteroatoms. The van der Waals surface area contributed by atoms with Crippen molar-refractivity contribution >= 4 is 60.3 Å². The van der Waals surface area contributed by atoms with Crippen molar-refractivity contribution in [2.24, 2.45) is 0 Å². The van der Waals surface area contributed by atoms with Gasteiger partial charge in [0.05, 0.1) is 5.90 Å². The molecular formula is C37H32P4+2. The minimum Gasteiger partial charge on any atom is -0.0620 e. The van der Waals surface area contributed by atoms with Crippen LogP contribution in [0.5, 0.6) is 0 Å². The molecule has 1 aliphatic rings. The largest absolute Gasteiger partial charge is 0.146 e. The monoisotopic (exact) mass is 600 g/mol. The molecule has 1 fully saturated rings. The minimum atomic E-state index is -1.91. The zero-order valence-electron chi connectivity index (χ0n) is 22.8. The van der Waals surface area contributed by atoms with Crippen LogP contribution in [0.4, 0.5) is 0 Å². The number of hydrogen-bond acceptors (Lipinski definition) is 0. The molecule has 0 spiro atoms. The van der Waals surface area contributed by atoms with Gasteiger partial charge in [0.15, 0.2) is 0 Å². The van der Waals surface area contributed by atoms with Gasteiger partial charge in [0.25, 0.3) is 0 Å². The van der Waals surface area contributed by atoms with Crippen LogP contribution in [0.3, 0.4) is 0 Å². The molecule has 0 amide bonds. The molecule has 1 heterocycles. The highest BCUT2D eigenvalue weighted by molar-refractivity contribution is 8.96. The molecule has 0 bridgehead atoms. The molecule has 1 saturated heterocycles. The molecule has 0 aromatic heterocycles. The summed E-state index contributed by atoms with van der Waals surface area (Å²) in [6.07, 6.45) is 0. The van der Waals surface area contributed by atoms with E-state index in [1.807, 2.05) is 0 Å². The zero-order chi connectivity index (χ0) is 27.5. The van der Waals surface area contributed by atoms with Gasteiger partial charge in [0.1, 0.15) is 60.3 Å². The molecule has 2 unspecified atom stereocenters. The Balaban J connectivity index is 1.54. The van der Waals surface area contributed by atoms with Crippen LogP contribution in [0.2, 0.25) is 0 Å². The molecule has 1 aliphatic heterocycles. The van der Waals surface area contributed by atoms with E-state index in [0.717, 1.165) is 0 Å². The second-order valence-electron chi connectivity index (χ2n) is 10.2. The van der Waals surface area contributed by atoms with E-state index in [2.05, 4.69) is 182 Å². The third kappa shape index (κ3) is 4.64. The molecule has 0 radical (unpaired) electrons. The second-order valence-corrected chi connectivity index (χ2v) is 29.7. The molecule has 0 nitrogen and oxygen atoms in total. The van der Waals surface area contributed by atoms with Crippen LogP contribution in [0.25, 0.3) is 0 Å². The summed E-state index contributed by atoms with van der Waals surface area (Å²) in [5, 5.41) is 9.17. The summed E-state index contributed by atoms with van der Waals surface area (Å²) in [6, 6.07) is 69.2. The molecule has 6 aromatic carbocycles. The number of rotatable bonds is 8. The van der Waals surface area contributed by atoms with Gasteiger partial charge in [0, 0.05) is 0 Å². The summed E-state index contributed by atoms with van der Waals surface area (Å²) >= 11 is 0. The summed E-state index contributed by atoms with van der Waals surface area (Å²) in [4.78, 5) is 0. The lowest BCUT2D eigenvalue weighted by Crippen LogP contribution is -2.29. The first kappa shape index (κ1) is 26.9. The van der Waals surface area contributed by atoms with Crippen molar-refractivity contribution in [2.45, 2.75) is 0 Å². The highest BCUT2D eigenvalue weighted by atomic mass is 32.7. The van der Waals surface area contributed by atoms with Crippen molar-refractivity contribution in [1.82, 2.24) is 0 Å². The van der Waals surface area contributed by atoms with E-state index in [9.17, 15) is 0 Å². The Morgan fingerprint density at radius 1 is 0.268 bits per heavy atom. The van der Waals surface area contributed by atoms with Crippen molar-refractivity contribution in [3.05, 3.63) is 182 Å². The number of hydrogen-bond donors (Lipinski definition) is 0. The Bertz CT molecular complexity index is 1370. The lowest BCUT2D eigenvalue weighted by Gasteiger charge is -2.31. The zero-order valence-corrected chi connectivity index (χ0v) is 26.4. The third-order valence-electron chi connectivity index (χ3n) is 7.91. The normalized spacial score (nSPS) is 16.7. The van der Waals surface area contributed by atoms with Crippen molar-refractivity contribution < 1.29 is 0 Å². The van der Waals surface area contributed by atoms with Gasteiger partial charge in [0.2, 0.25) is 0 Å². The van der Waals surface area contributed by atoms with Crippen molar-refractivity contribution in [1.29, 1.82) is 0 Å². The fraction of sp³-hybridized carbons (Fsp3) is 0.0270. The van der Waals surface area contributed by atoms with Crippen LogP contribution < -0.4 is 31.8 Å². The van der Waals surface area contributed by atoms with Crippen LogP contribution in [0, 0.1) is 0 Å². The van der Waals surface area contributed by atoms with E-state index in [-0.39, 0.29) is 14.6 Å². The molecule has 2 atom stereocenters. The predicted molar refractivity (Wildman–Crippen MR) is 189 cm³/mol. The fourth-order valence-electron chi connectivity index (χ4n) is 6.14. The quantitative estimate of drug-likeness (QED) is 0.154. The molecule has 7 rings (SSSR count). The van der Waals surface area contributed by atoms with E-state index in [4.69, 9.17) is 0 Å². The first-order valence-electron chi connectivity index (χ1n) is 14.0. The lowest BCUT2D eigenvalue weighted by atomic mass is 10.4. The number of benzene rings is 6. The molecule has 0 saturated carbocycles. The van der Waals surface area contributed by atoms with E-state index in [1.165, 1.54) is 37.7 Å². The minimum absolute atomic E-state index is 0.324. The van der Waals surface area contributed by atoms with Gasteiger partial charge in [-0.3, -0.25) is 0 Å². The Kier molecular flexibility index (Phi) is 7.70. The van der Waals surface area contributed by atoms with Crippen LogP contribution in [0.1, 0.15) is 0 Å². The Morgan fingerprint density at radius 2 is 0.439 bits per heavy atom. The Labute approximate surface area is 247 Å². The van der Waals surface area contributed by atoms with E-state index in [1.54, 1.807) is 0 Å². The maximum atomic E-state index is 2.43. The highest BCUT2D eigenvalue weighted by Gasteiger charge is 2.76. The maximum Gasteiger partial charge on any atom is 0.146 e. The van der Waals surface area contributed by atoms with Gasteiger partial charge in [-0.1, -0.05) is 109 Å². The Morgan fingerprint density at radius 3 is 0.610 bits per heavy atom.